The molecule has 0 spiro atoms. The van der Waals surface area contributed by atoms with Crippen LogP contribution in [-0.4, -0.2) is 58.9 Å². The minimum atomic E-state index is -0.0816. The molecule has 5 rings (SSSR count). The van der Waals surface area contributed by atoms with Crippen molar-refractivity contribution in [2.45, 2.75) is 6.92 Å². The first kappa shape index (κ1) is 18.0. The van der Waals surface area contributed by atoms with Crippen LogP contribution < -0.4 is 10.2 Å². The highest BCUT2D eigenvalue weighted by Crippen LogP contribution is 2.35. The molecule has 0 unspecified atom stereocenters. The summed E-state index contributed by atoms with van der Waals surface area (Å²) in [6.07, 6.45) is 1.79. The summed E-state index contributed by atoms with van der Waals surface area (Å²) in [5, 5.41) is 11.9. The van der Waals surface area contributed by atoms with Crippen LogP contribution in [0.3, 0.4) is 0 Å². The Kier molecular flexibility index (Phi) is 4.61. The predicted molar refractivity (Wildman–Crippen MR) is 114 cm³/mol. The van der Waals surface area contributed by atoms with Crippen molar-refractivity contribution in [2.24, 2.45) is 0 Å². The van der Waals surface area contributed by atoms with Crippen LogP contribution in [0.2, 0.25) is 0 Å². The van der Waals surface area contributed by atoms with Crippen molar-refractivity contribution in [2.75, 3.05) is 37.7 Å². The first-order valence-corrected chi connectivity index (χ1v) is 10.4. The highest BCUT2D eigenvalue weighted by molar-refractivity contribution is 7.20. The standard InChI is InChI=1S/C20H20N6O2S/c1-2-21-19(27)16-10-13-18(26-6-8-28-9-7-26)23-17(24-20(13)29-16)12-4-3-5-15-14(12)11-22-25-15/h3-5,10-11H,2,6-9H2,1H3,(H,21,27)(H,22,25). The summed E-state index contributed by atoms with van der Waals surface area (Å²) >= 11 is 1.40. The maximum absolute atomic E-state index is 12.4. The Bertz CT molecular complexity index is 1190. The van der Waals surface area contributed by atoms with E-state index in [0.29, 0.717) is 30.5 Å². The highest BCUT2D eigenvalue weighted by Gasteiger charge is 2.22. The Morgan fingerprint density at radius 1 is 1.28 bits per heavy atom. The average Bonchev–Trinajstić information content (AvgIpc) is 3.40. The van der Waals surface area contributed by atoms with Gasteiger partial charge in [-0.1, -0.05) is 12.1 Å². The van der Waals surface area contributed by atoms with Crippen LogP contribution >= 0.6 is 11.3 Å². The molecule has 1 aliphatic heterocycles. The van der Waals surface area contributed by atoms with E-state index in [2.05, 4.69) is 20.4 Å². The van der Waals surface area contributed by atoms with Gasteiger partial charge in [-0.2, -0.15) is 5.10 Å². The number of anilines is 1. The van der Waals surface area contributed by atoms with Gasteiger partial charge in [-0.05, 0) is 19.1 Å². The van der Waals surface area contributed by atoms with E-state index in [1.807, 2.05) is 31.2 Å². The number of aromatic amines is 1. The van der Waals surface area contributed by atoms with E-state index in [4.69, 9.17) is 14.7 Å². The number of thiophene rings is 1. The highest BCUT2D eigenvalue weighted by atomic mass is 32.1. The fourth-order valence-corrected chi connectivity index (χ4v) is 4.51. The lowest BCUT2D eigenvalue weighted by atomic mass is 10.1. The van der Waals surface area contributed by atoms with Crippen LogP contribution in [0.4, 0.5) is 5.82 Å². The number of hydrogen-bond donors (Lipinski definition) is 2. The predicted octanol–water partition coefficient (Wildman–Crippen LogP) is 2.82. The molecule has 4 aromatic rings. The first-order chi connectivity index (χ1) is 14.2. The molecule has 1 aromatic carbocycles. The number of fused-ring (bicyclic) bond motifs is 2. The number of rotatable bonds is 4. The Morgan fingerprint density at radius 2 is 2.14 bits per heavy atom. The lowest BCUT2D eigenvalue weighted by Crippen LogP contribution is -2.37. The van der Waals surface area contributed by atoms with Gasteiger partial charge in [0.1, 0.15) is 10.6 Å². The molecule has 0 bridgehead atoms. The number of hydrogen-bond acceptors (Lipinski definition) is 7. The molecular weight excluding hydrogens is 388 g/mol. The number of aromatic nitrogens is 4. The minimum absolute atomic E-state index is 0.0816. The van der Waals surface area contributed by atoms with E-state index in [1.165, 1.54) is 11.3 Å². The van der Waals surface area contributed by atoms with Gasteiger partial charge in [0, 0.05) is 30.6 Å². The van der Waals surface area contributed by atoms with Gasteiger partial charge in [-0.25, -0.2) is 9.97 Å². The molecule has 2 N–H and O–H groups in total. The van der Waals surface area contributed by atoms with Gasteiger partial charge < -0.3 is 15.0 Å². The average molecular weight is 408 g/mol. The largest absolute Gasteiger partial charge is 0.378 e. The van der Waals surface area contributed by atoms with E-state index >= 15 is 0 Å². The smallest absolute Gasteiger partial charge is 0.261 e. The fourth-order valence-electron chi connectivity index (χ4n) is 3.57. The molecule has 1 amide bonds. The van der Waals surface area contributed by atoms with Crippen LogP contribution in [0.25, 0.3) is 32.5 Å². The molecule has 0 aliphatic carbocycles. The van der Waals surface area contributed by atoms with Crippen molar-refractivity contribution in [3.8, 4) is 11.4 Å². The summed E-state index contributed by atoms with van der Waals surface area (Å²) in [6.45, 7) is 5.33. The lowest BCUT2D eigenvalue weighted by Gasteiger charge is -2.28. The number of carbonyl (C=O) groups is 1. The number of morpholine rings is 1. The Morgan fingerprint density at radius 3 is 2.97 bits per heavy atom. The van der Waals surface area contributed by atoms with Crippen LogP contribution in [0, 0.1) is 0 Å². The second-order valence-electron chi connectivity index (χ2n) is 6.80. The van der Waals surface area contributed by atoms with E-state index in [-0.39, 0.29) is 5.91 Å². The van der Waals surface area contributed by atoms with Crippen LogP contribution in [0.5, 0.6) is 0 Å². The molecule has 4 heterocycles. The maximum atomic E-state index is 12.4. The van der Waals surface area contributed by atoms with Crippen molar-refractivity contribution in [1.29, 1.82) is 0 Å². The molecule has 3 aromatic heterocycles. The molecule has 1 aliphatic rings. The minimum Gasteiger partial charge on any atom is -0.378 e. The van der Waals surface area contributed by atoms with Crippen molar-refractivity contribution in [3.63, 3.8) is 0 Å². The topological polar surface area (TPSA) is 96.0 Å². The Balaban J connectivity index is 1.70. The molecule has 8 nitrogen and oxygen atoms in total. The SMILES string of the molecule is CCNC(=O)c1cc2c(N3CCOCC3)nc(-c3cccc4[nH]ncc34)nc2s1. The number of H-pyrrole nitrogens is 1. The van der Waals surface area contributed by atoms with Gasteiger partial charge in [0.25, 0.3) is 5.91 Å². The van der Waals surface area contributed by atoms with E-state index in [9.17, 15) is 4.79 Å². The van der Waals surface area contributed by atoms with Gasteiger partial charge >= 0.3 is 0 Å². The summed E-state index contributed by atoms with van der Waals surface area (Å²) < 4.78 is 5.51. The molecular formula is C20H20N6O2S. The van der Waals surface area contributed by atoms with Crippen molar-refractivity contribution >= 4 is 44.2 Å². The summed E-state index contributed by atoms with van der Waals surface area (Å²) in [7, 11) is 0. The third-order valence-corrected chi connectivity index (χ3v) is 6.00. The maximum Gasteiger partial charge on any atom is 0.261 e. The van der Waals surface area contributed by atoms with E-state index in [0.717, 1.165) is 45.6 Å². The number of ether oxygens (including phenoxy) is 1. The van der Waals surface area contributed by atoms with Crippen LogP contribution in [-0.2, 0) is 4.74 Å². The molecule has 29 heavy (non-hydrogen) atoms. The molecule has 9 heteroatoms. The monoisotopic (exact) mass is 408 g/mol. The van der Waals surface area contributed by atoms with E-state index in [1.54, 1.807) is 6.20 Å². The molecule has 0 saturated carbocycles. The summed E-state index contributed by atoms with van der Waals surface area (Å²) in [4.78, 5) is 25.8. The Labute approximate surface area is 170 Å². The molecule has 148 valence electrons. The zero-order valence-electron chi connectivity index (χ0n) is 15.9. The van der Waals surface area contributed by atoms with Crippen LogP contribution in [0.1, 0.15) is 16.6 Å². The van der Waals surface area contributed by atoms with Gasteiger partial charge in [-0.3, -0.25) is 9.89 Å². The third-order valence-electron chi connectivity index (χ3n) is 4.97. The zero-order valence-corrected chi connectivity index (χ0v) is 16.8. The van der Waals surface area contributed by atoms with Crippen LogP contribution in [0.15, 0.2) is 30.5 Å². The van der Waals surface area contributed by atoms with Gasteiger partial charge in [0.15, 0.2) is 5.82 Å². The van der Waals surface area contributed by atoms with Crippen molar-refractivity contribution in [3.05, 3.63) is 35.3 Å². The van der Waals surface area contributed by atoms with Gasteiger partial charge in [0.05, 0.1) is 35.2 Å². The van der Waals surface area contributed by atoms with E-state index < -0.39 is 0 Å². The number of nitrogens with one attached hydrogen (secondary N) is 2. The lowest BCUT2D eigenvalue weighted by molar-refractivity contribution is 0.0960. The number of carbonyl (C=O) groups excluding carboxylic acids is 1. The fraction of sp³-hybridized carbons (Fsp3) is 0.300. The zero-order chi connectivity index (χ0) is 19.8. The first-order valence-electron chi connectivity index (χ1n) is 9.59. The second kappa shape index (κ2) is 7.41. The molecule has 1 fully saturated rings. The third kappa shape index (κ3) is 3.22. The molecule has 1 saturated heterocycles. The Hall–Kier alpha value is -3.04. The van der Waals surface area contributed by atoms with Gasteiger partial charge in [0.2, 0.25) is 0 Å². The molecule has 0 radical (unpaired) electrons. The summed E-state index contributed by atoms with van der Waals surface area (Å²) in [6, 6.07) is 7.84. The van der Waals surface area contributed by atoms with Crippen molar-refractivity contribution < 1.29 is 9.53 Å². The second-order valence-corrected chi connectivity index (χ2v) is 7.83. The number of amides is 1. The molecule has 0 atom stereocenters. The number of benzene rings is 1. The van der Waals surface area contributed by atoms with Crippen molar-refractivity contribution in [1.82, 2.24) is 25.5 Å². The summed E-state index contributed by atoms with van der Waals surface area (Å²) in [5.41, 5.74) is 1.86. The normalized spacial score (nSPS) is 14.6. The van der Waals surface area contributed by atoms with Gasteiger partial charge in [-0.15, -0.1) is 11.3 Å². The quantitative estimate of drug-likeness (QED) is 0.539. The summed E-state index contributed by atoms with van der Waals surface area (Å²) in [5.74, 6) is 1.40. The number of nitrogens with zero attached hydrogens (tertiary/aromatic N) is 4.